The first-order valence-corrected chi connectivity index (χ1v) is 15.9. The number of likely N-dealkylation sites (N-methyl/N-ethyl adjacent to an activating group) is 1. The second-order valence-corrected chi connectivity index (χ2v) is 13.4. The zero-order valence-corrected chi connectivity index (χ0v) is 25.4. The molecule has 3 aromatic carbocycles. The summed E-state index contributed by atoms with van der Waals surface area (Å²) in [5.41, 5.74) is 4.86. The summed E-state index contributed by atoms with van der Waals surface area (Å²) in [6.07, 6.45) is -0.507. The molecule has 1 amide bonds. The van der Waals surface area contributed by atoms with Gasteiger partial charge in [-0.3, -0.25) is 4.79 Å². The second-order valence-electron chi connectivity index (χ2n) is 11.3. The van der Waals surface area contributed by atoms with Gasteiger partial charge < -0.3 is 19.3 Å². The number of carbonyl (C=O) groups is 1. The molecule has 42 heavy (non-hydrogen) atoms. The van der Waals surface area contributed by atoms with Gasteiger partial charge in [-0.1, -0.05) is 79.7 Å². The molecule has 5 rings (SSSR count). The average molecular weight is 590 g/mol. The zero-order chi connectivity index (χ0) is 30.0. The van der Waals surface area contributed by atoms with Crippen molar-refractivity contribution in [3.8, 4) is 11.1 Å². The highest BCUT2D eigenvalue weighted by Gasteiger charge is 2.34. The molecule has 8 nitrogen and oxygen atoms in total. The van der Waals surface area contributed by atoms with Crippen molar-refractivity contribution in [3.63, 3.8) is 0 Å². The van der Waals surface area contributed by atoms with Crippen LogP contribution in [0.5, 0.6) is 0 Å². The standard InChI is InChI=1S/C33H39N3O5S/c1-23-18-36(24(2)20-37)33(38)32-31(28-16-10-11-17-29(28)35(32)4)27-15-9-8-14-26(27)21-41-30(23)19-34(3)42(39,40)22-25-12-6-5-7-13-25/h5-17,23-24,30,37H,18-22H2,1-4H3/t23-,24+,30-/m1/s1. The maximum absolute atomic E-state index is 14.5. The predicted molar refractivity (Wildman–Crippen MR) is 165 cm³/mol. The van der Waals surface area contributed by atoms with E-state index in [-0.39, 0.29) is 43.9 Å². The summed E-state index contributed by atoms with van der Waals surface area (Å²) in [5, 5.41) is 11.1. The molecule has 3 atom stereocenters. The van der Waals surface area contributed by atoms with E-state index < -0.39 is 22.2 Å². The molecule has 0 bridgehead atoms. The lowest BCUT2D eigenvalue weighted by Gasteiger charge is -2.35. The highest BCUT2D eigenvalue weighted by Crippen LogP contribution is 2.38. The fraction of sp³-hybridized carbons (Fsp3) is 0.364. The van der Waals surface area contributed by atoms with Crippen LogP contribution in [0.15, 0.2) is 78.9 Å². The third-order valence-corrected chi connectivity index (χ3v) is 10.1. The van der Waals surface area contributed by atoms with E-state index in [1.165, 1.54) is 4.31 Å². The predicted octanol–water partition coefficient (Wildman–Crippen LogP) is 4.67. The lowest BCUT2D eigenvalue weighted by molar-refractivity contribution is -0.0147. The summed E-state index contributed by atoms with van der Waals surface area (Å²) in [6.45, 7) is 4.26. The third kappa shape index (κ3) is 5.87. The number of nitrogens with zero attached hydrogens (tertiary/aromatic N) is 3. The fourth-order valence-corrected chi connectivity index (χ4v) is 7.00. The quantitative estimate of drug-likeness (QED) is 0.339. The number of aliphatic hydroxyl groups excluding tert-OH is 1. The van der Waals surface area contributed by atoms with Gasteiger partial charge in [0, 0.05) is 49.6 Å². The van der Waals surface area contributed by atoms with Gasteiger partial charge in [0.05, 0.1) is 31.1 Å². The van der Waals surface area contributed by atoms with Crippen molar-refractivity contribution in [2.24, 2.45) is 13.0 Å². The van der Waals surface area contributed by atoms with Gasteiger partial charge in [-0.25, -0.2) is 12.7 Å². The Bertz CT molecular complexity index is 1670. The number of rotatable bonds is 7. The van der Waals surface area contributed by atoms with E-state index in [0.29, 0.717) is 11.3 Å². The Labute approximate surface area is 248 Å². The maximum Gasteiger partial charge on any atom is 0.271 e. The smallest absolute Gasteiger partial charge is 0.271 e. The molecule has 4 aromatic rings. The van der Waals surface area contributed by atoms with Gasteiger partial charge in [-0.2, -0.15) is 0 Å². The second kappa shape index (κ2) is 12.4. The summed E-state index contributed by atoms with van der Waals surface area (Å²) >= 11 is 0. The van der Waals surface area contributed by atoms with Crippen molar-refractivity contribution in [3.05, 3.63) is 95.7 Å². The Morgan fingerprint density at radius 2 is 1.69 bits per heavy atom. The first kappa shape index (κ1) is 30.0. The van der Waals surface area contributed by atoms with Gasteiger partial charge in [0.1, 0.15) is 5.69 Å². The fourth-order valence-electron chi connectivity index (χ4n) is 5.79. The summed E-state index contributed by atoms with van der Waals surface area (Å²) in [4.78, 5) is 16.2. The molecule has 0 aliphatic carbocycles. The Hall–Kier alpha value is -3.50. The maximum atomic E-state index is 14.5. The van der Waals surface area contributed by atoms with Crippen LogP contribution in [0.3, 0.4) is 0 Å². The first-order chi connectivity index (χ1) is 20.1. The van der Waals surface area contributed by atoms with Gasteiger partial charge >= 0.3 is 0 Å². The molecule has 2 heterocycles. The van der Waals surface area contributed by atoms with Crippen LogP contribution in [0, 0.1) is 5.92 Å². The van der Waals surface area contributed by atoms with Crippen molar-refractivity contribution in [2.75, 3.05) is 26.7 Å². The molecule has 1 aliphatic heterocycles. The first-order valence-electron chi connectivity index (χ1n) is 14.3. The number of amides is 1. The number of para-hydroxylation sites is 1. The SMILES string of the molecule is C[C@@H]1CN([C@@H](C)CO)C(=O)c2c(c3ccccc3n2C)-c2ccccc2CO[C@@H]1CN(C)S(=O)(=O)Cc1ccccc1. The minimum atomic E-state index is -3.62. The molecule has 9 heteroatoms. The zero-order valence-electron chi connectivity index (χ0n) is 24.6. The number of hydrogen-bond donors (Lipinski definition) is 1. The van der Waals surface area contributed by atoms with Crippen molar-refractivity contribution < 1.29 is 23.1 Å². The lowest BCUT2D eigenvalue weighted by Crippen LogP contribution is -2.48. The van der Waals surface area contributed by atoms with Crippen LogP contribution in [0.2, 0.25) is 0 Å². The van der Waals surface area contributed by atoms with E-state index in [4.69, 9.17) is 4.74 Å². The highest BCUT2D eigenvalue weighted by atomic mass is 32.2. The Morgan fingerprint density at radius 1 is 1.02 bits per heavy atom. The minimum Gasteiger partial charge on any atom is -0.394 e. The van der Waals surface area contributed by atoms with Crippen LogP contribution in [-0.2, 0) is 34.2 Å². The van der Waals surface area contributed by atoms with Gasteiger partial charge in [0.15, 0.2) is 0 Å². The molecule has 1 aromatic heterocycles. The van der Waals surface area contributed by atoms with Gasteiger partial charge in [0.25, 0.3) is 5.91 Å². The van der Waals surface area contributed by atoms with E-state index in [1.54, 1.807) is 24.1 Å². The van der Waals surface area contributed by atoms with E-state index in [9.17, 15) is 18.3 Å². The monoisotopic (exact) mass is 589 g/mol. The number of aliphatic hydroxyl groups is 1. The Balaban J connectivity index is 1.57. The molecule has 0 unspecified atom stereocenters. The molecular formula is C33H39N3O5S. The Kier molecular flexibility index (Phi) is 8.84. The lowest BCUT2D eigenvalue weighted by atomic mass is 9.96. The molecule has 0 saturated carbocycles. The molecule has 222 valence electrons. The summed E-state index contributed by atoms with van der Waals surface area (Å²) in [7, 11) is -0.142. The summed E-state index contributed by atoms with van der Waals surface area (Å²) < 4.78 is 36.5. The van der Waals surface area contributed by atoms with Crippen molar-refractivity contribution in [1.29, 1.82) is 0 Å². The van der Waals surface area contributed by atoms with Crippen LogP contribution in [0.1, 0.15) is 35.5 Å². The van der Waals surface area contributed by atoms with E-state index in [1.807, 2.05) is 92.2 Å². The molecule has 0 fully saturated rings. The van der Waals surface area contributed by atoms with E-state index >= 15 is 0 Å². The van der Waals surface area contributed by atoms with Gasteiger partial charge in [0.2, 0.25) is 10.0 Å². The summed E-state index contributed by atoms with van der Waals surface area (Å²) in [5.74, 6) is -0.527. The number of aromatic nitrogens is 1. The molecule has 0 radical (unpaired) electrons. The van der Waals surface area contributed by atoms with E-state index in [2.05, 4.69) is 0 Å². The van der Waals surface area contributed by atoms with Crippen molar-refractivity contribution >= 4 is 26.8 Å². The van der Waals surface area contributed by atoms with Crippen LogP contribution in [0.4, 0.5) is 0 Å². The van der Waals surface area contributed by atoms with Crippen molar-refractivity contribution in [1.82, 2.24) is 13.8 Å². The van der Waals surface area contributed by atoms with Crippen LogP contribution < -0.4 is 0 Å². The van der Waals surface area contributed by atoms with Crippen LogP contribution in [-0.4, -0.2) is 72.1 Å². The normalized spacial score (nSPS) is 18.9. The molecule has 0 saturated heterocycles. The summed E-state index contributed by atoms with van der Waals surface area (Å²) in [6, 6.07) is 24.5. The van der Waals surface area contributed by atoms with Crippen LogP contribution >= 0.6 is 0 Å². The van der Waals surface area contributed by atoms with E-state index in [0.717, 1.165) is 27.6 Å². The van der Waals surface area contributed by atoms with Gasteiger partial charge in [-0.15, -0.1) is 0 Å². The number of ether oxygens (including phenoxy) is 1. The number of carbonyl (C=O) groups excluding carboxylic acids is 1. The van der Waals surface area contributed by atoms with Crippen molar-refractivity contribution in [2.45, 2.75) is 38.4 Å². The molecular weight excluding hydrogens is 550 g/mol. The molecule has 0 spiro atoms. The molecule has 1 aliphatic rings. The highest BCUT2D eigenvalue weighted by molar-refractivity contribution is 7.88. The van der Waals surface area contributed by atoms with Gasteiger partial charge in [-0.05, 0) is 29.7 Å². The number of fused-ring (bicyclic) bond motifs is 5. The largest absolute Gasteiger partial charge is 0.394 e. The minimum absolute atomic E-state index is 0.108. The number of sulfonamides is 1. The number of aryl methyl sites for hydroxylation is 1. The Morgan fingerprint density at radius 3 is 2.43 bits per heavy atom. The number of benzene rings is 3. The third-order valence-electron chi connectivity index (χ3n) is 8.33. The van der Waals surface area contributed by atoms with Crippen LogP contribution in [0.25, 0.3) is 22.0 Å². The topological polar surface area (TPSA) is 92.1 Å². The average Bonchev–Trinajstić information content (AvgIpc) is 3.28. The molecule has 1 N–H and O–H groups in total. The number of hydrogen-bond acceptors (Lipinski definition) is 5.